The Hall–Kier alpha value is -1.06. The number of hydrogen-bond donors (Lipinski definition) is 2. The molecule has 1 aliphatic rings. The molecule has 4 heteroatoms. The van der Waals surface area contributed by atoms with E-state index < -0.39 is 0 Å². The van der Waals surface area contributed by atoms with Crippen LogP contribution in [0.5, 0.6) is 0 Å². The van der Waals surface area contributed by atoms with Crippen LogP contribution in [0, 0.1) is 0 Å². The predicted octanol–water partition coefficient (Wildman–Crippen LogP) is 2.04. The van der Waals surface area contributed by atoms with Gasteiger partial charge in [-0.25, -0.2) is 0 Å². The maximum absolute atomic E-state index is 11.8. The Labute approximate surface area is 115 Å². The van der Waals surface area contributed by atoms with Gasteiger partial charge in [0, 0.05) is 12.1 Å². The Kier molecular flexibility index (Phi) is 6.16. The third-order valence-corrected chi connectivity index (χ3v) is 3.34. The van der Waals surface area contributed by atoms with Gasteiger partial charge in [-0.05, 0) is 31.2 Å². The molecule has 0 heterocycles. The van der Waals surface area contributed by atoms with Crippen molar-refractivity contribution in [3.8, 4) is 0 Å². The molecule has 0 bridgehead atoms. The van der Waals surface area contributed by atoms with Gasteiger partial charge >= 0.3 is 0 Å². The van der Waals surface area contributed by atoms with Crippen LogP contribution in [0.1, 0.15) is 31.2 Å². The summed E-state index contributed by atoms with van der Waals surface area (Å²) < 4.78 is 0. The average Bonchev–Trinajstić information content (AvgIpc) is 2.33. The first kappa shape index (κ1) is 15.0. The summed E-state index contributed by atoms with van der Waals surface area (Å²) in [5.41, 5.74) is 6.91. The van der Waals surface area contributed by atoms with Gasteiger partial charge in [-0.1, -0.05) is 30.3 Å². The zero-order valence-corrected chi connectivity index (χ0v) is 11.3. The van der Waals surface area contributed by atoms with Gasteiger partial charge in [0.15, 0.2) is 0 Å². The van der Waals surface area contributed by atoms with Crippen molar-refractivity contribution in [2.45, 2.75) is 44.2 Å². The molecule has 0 saturated heterocycles. The molecule has 1 saturated carbocycles. The SMILES string of the molecule is Cl.NC1CCC(NC(=O)Cc2ccccc2)CC1. The first-order valence-electron chi connectivity index (χ1n) is 6.33. The molecule has 0 spiro atoms. The minimum absolute atomic E-state index is 0. The van der Waals surface area contributed by atoms with Gasteiger partial charge in [0.1, 0.15) is 0 Å². The smallest absolute Gasteiger partial charge is 0.224 e. The molecular weight excluding hydrogens is 248 g/mol. The van der Waals surface area contributed by atoms with Gasteiger partial charge < -0.3 is 11.1 Å². The van der Waals surface area contributed by atoms with Crippen LogP contribution in [-0.4, -0.2) is 18.0 Å². The summed E-state index contributed by atoms with van der Waals surface area (Å²) in [5, 5.41) is 3.09. The van der Waals surface area contributed by atoms with Gasteiger partial charge in [-0.15, -0.1) is 12.4 Å². The molecule has 3 nitrogen and oxygen atoms in total. The van der Waals surface area contributed by atoms with E-state index in [9.17, 15) is 4.79 Å². The second-order valence-electron chi connectivity index (χ2n) is 4.84. The summed E-state index contributed by atoms with van der Waals surface area (Å²) in [4.78, 5) is 11.8. The minimum atomic E-state index is 0. The maximum Gasteiger partial charge on any atom is 0.224 e. The number of carbonyl (C=O) groups excluding carboxylic acids is 1. The molecule has 0 unspecified atom stereocenters. The van der Waals surface area contributed by atoms with E-state index in [2.05, 4.69) is 5.32 Å². The molecule has 1 fully saturated rings. The van der Waals surface area contributed by atoms with E-state index in [1.807, 2.05) is 30.3 Å². The molecule has 100 valence electrons. The van der Waals surface area contributed by atoms with E-state index in [1.165, 1.54) is 0 Å². The minimum Gasteiger partial charge on any atom is -0.353 e. The van der Waals surface area contributed by atoms with Crippen molar-refractivity contribution in [2.75, 3.05) is 0 Å². The van der Waals surface area contributed by atoms with Gasteiger partial charge in [0.05, 0.1) is 6.42 Å². The van der Waals surface area contributed by atoms with Gasteiger partial charge in [-0.2, -0.15) is 0 Å². The van der Waals surface area contributed by atoms with E-state index in [4.69, 9.17) is 5.73 Å². The van der Waals surface area contributed by atoms with Crippen LogP contribution in [0.3, 0.4) is 0 Å². The highest BCUT2D eigenvalue weighted by atomic mass is 35.5. The fraction of sp³-hybridized carbons (Fsp3) is 0.500. The van der Waals surface area contributed by atoms with E-state index in [0.717, 1.165) is 31.2 Å². The molecule has 1 amide bonds. The summed E-state index contributed by atoms with van der Waals surface area (Å²) in [7, 11) is 0. The lowest BCUT2D eigenvalue weighted by atomic mass is 9.91. The molecule has 1 aromatic rings. The van der Waals surface area contributed by atoms with Crippen molar-refractivity contribution in [1.29, 1.82) is 0 Å². The topological polar surface area (TPSA) is 55.1 Å². The molecule has 3 N–H and O–H groups in total. The molecule has 18 heavy (non-hydrogen) atoms. The van der Waals surface area contributed by atoms with Crippen LogP contribution >= 0.6 is 12.4 Å². The van der Waals surface area contributed by atoms with Crippen LogP contribution in [0.15, 0.2) is 30.3 Å². The van der Waals surface area contributed by atoms with Crippen LogP contribution in [0.25, 0.3) is 0 Å². The molecule has 1 aliphatic carbocycles. The Morgan fingerprint density at radius 1 is 1.17 bits per heavy atom. The monoisotopic (exact) mass is 268 g/mol. The Balaban J connectivity index is 0.00000162. The summed E-state index contributed by atoms with van der Waals surface area (Å²) >= 11 is 0. The molecular formula is C14H21ClN2O. The Bertz CT molecular complexity index is 361. The quantitative estimate of drug-likeness (QED) is 0.881. The summed E-state index contributed by atoms with van der Waals surface area (Å²) in [6.45, 7) is 0. The second kappa shape index (κ2) is 7.39. The van der Waals surface area contributed by atoms with Crippen molar-refractivity contribution in [3.63, 3.8) is 0 Å². The van der Waals surface area contributed by atoms with Crippen molar-refractivity contribution >= 4 is 18.3 Å². The first-order chi connectivity index (χ1) is 8.24. The highest BCUT2D eigenvalue weighted by Crippen LogP contribution is 2.16. The van der Waals surface area contributed by atoms with Gasteiger partial charge in [-0.3, -0.25) is 4.79 Å². The van der Waals surface area contributed by atoms with Crippen LogP contribution in [0.2, 0.25) is 0 Å². The normalized spacial score (nSPS) is 22.9. The number of nitrogens with two attached hydrogens (primary N) is 1. The van der Waals surface area contributed by atoms with Gasteiger partial charge in [0.25, 0.3) is 0 Å². The number of benzene rings is 1. The fourth-order valence-electron chi connectivity index (χ4n) is 2.32. The lowest BCUT2D eigenvalue weighted by molar-refractivity contribution is -0.121. The number of hydrogen-bond acceptors (Lipinski definition) is 2. The molecule has 0 aromatic heterocycles. The number of halogens is 1. The highest BCUT2D eigenvalue weighted by Gasteiger charge is 2.19. The van der Waals surface area contributed by atoms with E-state index in [1.54, 1.807) is 0 Å². The first-order valence-corrected chi connectivity index (χ1v) is 6.33. The van der Waals surface area contributed by atoms with Crippen LogP contribution in [-0.2, 0) is 11.2 Å². The second-order valence-corrected chi connectivity index (χ2v) is 4.84. The van der Waals surface area contributed by atoms with Crippen molar-refractivity contribution < 1.29 is 4.79 Å². The fourth-order valence-corrected chi connectivity index (χ4v) is 2.32. The van der Waals surface area contributed by atoms with Crippen LogP contribution < -0.4 is 11.1 Å². The third kappa shape index (κ3) is 4.67. The van der Waals surface area contributed by atoms with Gasteiger partial charge in [0.2, 0.25) is 5.91 Å². The number of rotatable bonds is 3. The van der Waals surface area contributed by atoms with E-state index >= 15 is 0 Å². The van der Waals surface area contributed by atoms with E-state index in [-0.39, 0.29) is 18.3 Å². The summed E-state index contributed by atoms with van der Waals surface area (Å²) in [5.74, 6) is 0.122. The Morgan fingerprint density at radius 3 is 2.39 bits per heavy atom. The van der Waals surface area contributed by atoms with Crippen molar-refractivity contribution in [1.82, 2.24) is 5.32 Å². The zero-order chi connectivity index (χ0) is 12.1. The Morgan fingerprint density at radius 2 is 1.78 bits per heavy atom. The molecule has 0 atom stereocenters. The zero-order valence-electron chi connectivity index (χ0n) is 10.5. The highest BCUT2D eigenvalue weighted by molar-refractivity contribution is 5.85. The molecule has 1 aromatic carbocycles. The molecule has 0 radical (unpaired) electrons. The number of nitrogens with one attached hydrogen (secondary N) is 1. The lowest BCUT2D eigenvalue weighted by Gasteiger charge is -2.26. The standard InChI is InChI=1S/C14H20N2O.ClH/c15-12-6-8-13(9-7-12)16-14(17)10-11-4-2-1-3-5-11;/h1-5,12-13H,6-10,15H2,(H,16,17);1H. The van der Waals surface area contributed by atoms with Crippen molar-refractivity contribution in [2.24, 2.45) is 5.73 Å². The number of carbonyl (C=O) groups is 1. The lowest BCUT2D eigenvalue weighted by Crippen LogP contribution is -2.41. The summed E-state index contributed by atoms with van der Waals surface area (Å²) in [6.07, 6.45) is 4.55. The van der Waals surface area contributed by atoms with Crippen molar-refractivity contribution in [3.05, 3.63) is 35.9 Å². The average molecular weight is 269 g/mol. The molecule has 2 rings (SSSR count). The summed E-state index contributed by atoms with van der Waals surface area (Å²) in [6, 6.07) is 10.5. The third-order valence-electron chi connectivity index (χ3n) is 3.34. The molecule has 0 aliphatic heterocycles. The predicted molar refractivity (Wildman–Crippen MR) is 75.8 cm³/mol. The largest absolute Gasteiger partial charge is 0.353 e. The number of amides is 1. The van der Waals surface area contributed by atoms with E-state index in [0.29, 0.717) is 18.5 Å². The van der Waals surface area contributed by atoms with Crippen LogP contribution in [0.4, 0.5) is 0 Å². The maximum atomic E-state index is 11.8.